The number of aromatic nitrogens is 1. The third-order valence-electron chi connectivity index (χ3n) is 3.02. The summed E-state index contributed by atoms with van der Waals surface area (Å²) < 4.78 is 37.5. The van der Waals surface area contributed by atoms with E-state index in [1.165, 1.54) is 6.20 Å². The minimum absolute atomic E-state index is 0.362. The number of hydrogen-bond donors (Lipinski definition) is 1. The lowest BCUT2D eigenvalue weighted by Gasteiger charge is -2.10. The fourth-order valence-corrected chi connectivity index (χ4v) is 2.59. The number of likely N-dealkylation sites (N-methyl/N-ethyl adjacent to an activating group) is 1. The van der Waals surface area contributed by atoms with Crippen LogP contribution in [-0.2, 0) is 12.6 Å². The number of benzene rings is 1. The van der Waals surface area contributed by atoms with Gasteiger partial charge in [-0.25, -0.2) is 4.98 Å². The fraction of sp³-hybridized carbons (Fsp3) is 0.357. The number of halogens is 3. The molecule has 2 nitrogen and oxygen atoms in total. The van der Waals surface area contributed by atoms with E-state index < -0.39 is 11.2 Å². The van der Waals surface area contributed by atoms with Gasteiger partial charge in [0.05, 0.1) is 4.88 Å². The van der Waals surface area contributed by atoms with E-state index in [1.807, 2.05) is 31.3 Å². The summed E-state index contributed by atoms with van der Waals surface area (Å²) in [6.45, 7) is 2.08. The van der Waals surface area contributed by atoms with Crippen molar-refractivity contribution in [3.8, 4) is 10.4 Å². The van der Waals surface area contributed by atoms with E-state index in [2.05, 4.69) is 17.2 Å². The zero-order chi connectivity index (χ0) is 14.8. The molecule has 20 heavy (non-hydrogen) atoms. The molecule has 1 aromatic carbocycles. The summed E-state index contributed by atoms with van der Waals surface area (Å²) in [5.41, 5.74) is 1.91. The molecule has 0 aliphatic heterocycles. The summed E-state index contributed by atoms with van der Waals surface area (Å²) in [5, 5.41) is 2.34. The summed E-state index contributed by atoms with van der Waals surface area (Å²) >= 11 is 0.669. The average Bonchev–Trinajstić information content (AvgIpc) is 2.89. The lowest BCUT2D eigenvalue weighted by molar-refractivity contribution is -0.137. The fourth-order valence-electron chi connectivity index (χ4n) is 1.80. The summed E-state index contributed by atoms with van der Waals surface area (Å²) in [7, 11) is 1.90. The maximum Gasteiger partial charge on any atom is 0.443 e. The molecule has 0 bridgehead atoms. The van der Waals surface area contributed by atoms with Crippen LogP contribution in [0.25, 0.3) is 10.4 Å². The van der Waals surface area contributed by atoms with E-state index in [1.54, 1.807) is 0 Å². The third-order valence-corrected chi connectivity index (χ3v) is 4.11. The van der Waals surface area contributed by atoms with Crippen LogP contribution in [0.15, 0.2) is 30.5 Å². The average molecular weight is 300 g/mol. The van der Waals surface area contributed by atoms with Crippen LogP contribution in [0.4, 0.5) is 13.2 Å². The van der Waals surface area contributed by atoms with Gasteiger partial charge < -0.3 is 5.32 Å². The molecule has 1 aromatic heterocycles. The van der Waals surface area contributed by atoms with E-state index >= 15 is 0 Å². The Morgan fingerprint density at radius 3 is 2.40 bits per heavy atom. The molecule has 2 rings (SSSR count). The zero-order valence-electron chi connectivity index (χ0n) is 11.2. The molecule has 2 aromatic rings. The van der Waals surface area contributed by atoms with Gasteiger partial charge in [-0.3, -0.25) is 0 Å². The van der Waals surface area contributed by atoms with E-state index in [0.717, 1.165) is 17.5 Å². The lowest BCUT2D eigenvalue weighted by Crippen LogP contribution is -2.23. The predicted molar refractivity (Wildman–Crippen MR) is 74.8 cm³/mol. The first-order valence-electron chi connectivity index (χ1n) is 6.19. The van der Waals surface area contributed by atoms with E-state index in [-0.39, 0.29) is 0 Å². The van der Waals surface area contributed by atoms with Crippen LogP contribution < -0.4 is 5.32 Å². The summed E-state index contributed by atoms with van der Waals surface area (Å²) in [6.07, 6.45) is -2.21. The molecule has 0 radical (unpaired) electrons. The van der Waals surface area contributed by atoms with Crippen molar-refractivity contribution in [2.45, 2.75) is 25.6 Å². The molecule has 0 amide bonds. The molecule has 6 heteroatoms. The highest BCUT2D eigenvalue weighted by Crippen LogP contribution is 2.36. The number of thiazole rings is 1. The van der Waals surface area contributed by atoms with Gasteiger partial charge >= 0.3 is 6.18 Å². The van der Waals surface area contributed by atoms with Crippen molar-refractivity contribution < 1.29 is 13.2 Å². The Labute approximate surface area is 119 Å². The Morgan fingerprint density at radius 2 is 1.90 bits per heavy atom. The number of rotatable bonds is 4. The molecule has 1 heterocycles. The summed E-state index contributed by atoms with van der Waals surface area (Å²) in [5.74, 6) is 0. The second kappa shape index (κ2) is 5.93. The van der Waals surface area contributed by atoms with Gasteiger partial charge in [-0.2, -0.15) is 13.2 Å². The van der Waals surface area contributed by atoms with Crippen molar-refractivity contribution in [3.63, 3.8) is 0 Å². The second-order valence-corrected chi connectivity index (χ2v) is 5.65. The van der Waals surface area contributed by atoms with Crippen LogP contribution in [0, 0.1) is 0 Å². The van der Waals surface area contributed by atoms with Gasteiger partial charge in [-0.05, 0) is 31.5 Å². The van der Waals surface area contributed by atoms with E-state index in [0.29, 0.717) is 22.3 Å². The van der Waals surface area contributed by atoms with Gasteiger partial charge in [-0.1, -0.05) is 24.3 Å². The van der Waals surface area contributed by atoms with Gasteiger partial charge in [-0.15, -0.1) is 11.3 Å². The smallest absolute Gasteiger partial charge is 0.317 e. The van der Waals surface area contributed by atoms with Gasteiger partial charge in [0.1, 0.15) is 0 Å². The maximum atomic E-state index is 12.5. The largest absolute Gasteiger partial charge is 0.443 e. The van der Waals surface area contributed by atoms with Crippen LogP contribution in [0.1, 0.15) is 17.5 Å². The first kappa shape index (κ1) is 15.0. The number of alkyl halides is 3. The van der Waals surface area contributed by atoms with Gasteiger partial charge in [0.2, 0.25) is 0 Å². The van der Waals surface area contributed by atoms with Crippen LogP contribution in [-0.4, -0.2) is 18.1 Å². The second-order valence-electron chi connectivity index (χ2n) is 4.62. The van der Waals surface area contributed by atoms with Crippen LogP contribution >= 0.6 is 11.3 Å². The highest BCUT2D eigenvalue weighted by Gasteiger charge is 2.34. The Morgan fingerprint density at radius 1 is 1.25 bits per heavy atom. The highest BCUT2D eigenvalue weighted by atomic mass is 32.1. The Kier molecular flexibility index (Phi) is 4.45. The number of nitrogens with zero attached hydrogens (tertiary/aromatic N) is 1. The Bertz CT molecular complexity index is 561. The van der Waals surface area contributed by atoms with E-state index in [4.69, 9.17) is 0 Å². The molecule has 1 N–H and O–H groups in total. The van der Waals surface area contributed by atoms with Crippen LogP contribution in [0.2, 0.25) is 0 Å². The highest BCUT2D eigenvalue weighted by molar-refractivity contribution is 7.15. The summed E-state index contributed by atoms with van der Waals surface area (Å²) in [4.78, 5) is 3.96. The Hall–Kier alpha value is -1.40. The zero-order valence-corrected chi connectivity index (χ0v) is 12.0. The molecule has 1 unspecified atom stereocenters. The first-order valence-corrected chi connectivity index (χ1v) is 7.01. The standard InChI is InChI=1S/C14H15F3N2S/c1-9(18-2)7-10-3-5-11(6-4-10)12-8-19-13(20-12)14(15,16)17/h3-6,8-9,18H,7H2,1-2H3. The quantitative estimate of drug-likeness (QED) is 0.924. The van der Waals surface area contributed by atoms with Crippen molar-refractivity contribution in [2.75, 3.05) is 7.05 Å². The van der Waals surface area contributed by atoms with Gasteiger partial charge in [0.25, 0.3) is 0 Å². The molecule has 0 saturated carbocycles. The monoisotopic (exact) mass is 300 g/mol. The molecule has 1 atom stereocenters. The van der Waals surface area contributed by atoms with Crippen molar-refractivity contribution in [1.29, 1.82) is 0 Å². The normalized spacial score (nSPS) is 13.4. The number of nitrogens with one attached hydrogen (secondary N) is 1. The van der Waals surface area contributed by atoms with Crippen molar-refractivity contribution >= 4 is 11.3 Å². The predicted octanol–water partition coefficient (Wildman–Crippen LogP) is 3.98. The maximum absolute atomic E-state index is 12.5. The molecule has 0 fully saturated rings. The van der Waals surface area contributed by atoms with Crippen molar-refractivity contribution in [2.24, 2.45) is 0 Å². The van der Waals surface area contributed by atoms with Crippen LogP contribution in [0.5, 0.6) is 0 Å². The minimum Gasteiger partial charge on any atom is -0.317 e. The molecule has 0 spiro atoms. The molecule has 108 valence electrons. The number of hydrogen-bond acceptors (Lipinski definition) is 3. The lowest BCUT2D eigenvalue weighted by atomic mass is 10.0. The molecular weight excluding hydrogens is 285 g/mol. The molecule has 0 aliphatic rings. The topological polar surface area (TPSA) is 24.9 Å². The first-order chi connectivity index (χ1) is 9.40. The minimum atomic E-state index is -4.37. The van der Waals surface area contributed by atoms with Gasteiger partial charge in [0.15, 0.2) is 5.01 Å². The third kappa shape index (κ3) is 3.58. The summed E-state index contributed by atoms with van der Waals surface area (Å²) in [6, 6.07) is 7.92. The van der Waals surface area contributed by atoms with Gasteiger partial charge in [0, 0.05) is 12.2 Å². The SMILES string of the molecule is CNC(C)Cc1ccc(-c2cnc(C(F)(F)F)s2)cc1. The Balaban J connectivity index is 2.16. The molecule has 0 saturated heterocycles. The molecule has 0 aliphatic carbocycles. The molecular formula is C14H15F3N2S. The van der Waals surface area contributed by atoms with E-state index in [9.17, 15) is 13.2 Å². The van der Waals surface area contributed by atoms with Crippen molar-refractivity contribution in [1.82, 2.24) is 10.3 Å². The van der Waals surface area contributed by atoms with Crippen molar-refractivity contribution in [3.05, 3.63) is 41.0 Å². The van der Waals surface area contributed by atoms with Crippen LogP contribution in [0.3, 0.4) is 0 Å².